The molecule has 1 aromatic carbocycles. The van der Waals surface area contributed by atoms with E-state index in [9.17, 15) is 8.42 Å². The number of ether oxygens (including phenoxy) is 1. The first-order valence-electron chi connectivity index (χ1n) is 7.53. The van der Waals surface area contributed by atoms with Crippen LogP contribution in [0.25, 0.3) is 0 Å². The summed E-state index contributed by atoms with van der Waals surface area (Å²) in [6, 6.07) is 6.65. The van der Waals surface area contributed by atoms with Crippen LogP contribution in [-0.2, 0) is 10.0 Å². The molecule has 0 N–H and O–H groups in total. The van der Waals surface area contributed by atoms with Crippen LogP contribution in [0.4, 0.5) is 0 Å². The number of benzene rings is 1. The number of rotatable bonds is 4. The molecule has 1 aliphatic heterocycles. The molecule has 3 rings (SSSR count). The Morgan fingerprint density at radius 1 is 1.30 bits per heavy atom. The Labute approximate surface area is 136 Å². The Kier molecular flexibility index (Phi) is 4.16. The Morgan fingerprint density at radius 2 is 2.09 bits per heavy atom. The van der Waals surface area contributed by atoms with E-state index in [1.165, 1.54) is 11.4 Å². The van der Waals surface area contributed by atoms with Gasteiger partial charge in [0.25, 0.3) is 0 Å². The van der Waals surface area contributed by atoms with Gasteiger partial charge in [0, 0.05) is 12.6 Å². The molecule has 23 heavy (non-hydrogen) atoms. The molecule has 124 valence electrons. The third-order valence-corrected chi connectivity index (χ3v) is 6.01. The van der Waals surface area contributed by atoms with Gasteiger partial charge in [-0.15, -0.1) is 0 Å². The molecule has 0 amide bonds. The molecule has 1 fully saturated rings. The van der Waals surface area contributed by atoms with Crippen molar-refractivity contribution < 1.29 is 17.7 Å². The highest BCUT2D eigenvalue weighted by Crippen LogP contribution is 2.39. The fraction of sp³-hybridized carbons (Fsp3) is 0.438. The van der Waals surface area contributed by atoms with Gasteiger partial charge < -0.3 is 9.26 Å². The highest BCUT2D eigenvalue weighted by Gasteiger charge is 2.39. The van der Waals surface area contributed by atoms with Crippen LogP contribution in [0.2, 0.25) is 0 Å². The van der Waals surface area contributed by atoms with Crippen molar-refractivity contribution in [2.45, 2.75) is 37.6 Å². The van der Waals surface area contributed by atoms with Gasteiger partial charge in [-0.3, -0.25) is 0 Å². The van der Waals surface area contributed by atoms with Crippen molar-refractivity contribution in [1.82, 2.24) is 9.46 Å². The highest BCUT2D eigenvalue weighted by molar-refractivity contribution is 7.89. The fourth-order valence-electron chi connectivity index (χ4n) is 2.96. The highest BCUT2D eigenvalue weighted by atomic mass is 32.2. The Balaban J connectivity index is 2.03. The molecule has 6 nitrogen and oxygen atoms in total. The van der Waals surface area contributed by atoms with Crippen LogP contribution < -0.4 is 4.74 Å². The summed E-state index contributed by atoms with van der Waals surface area (Å²) in [4.78, 5) is 0.197. The van der Waals surface area contributed by atoms with Crippen LogP contribution in [0, 0.1) is 13.8 Å². The van der Waals surface area contributed by atoms with Gasteiger partial charge in [0.05, 0.1) is 18.8 Å². The zero-order valence-corrected chi connectivity index (χ0v) is 14.3. The zero-order chi connectivity index (χ0) is 16.6. The normalized spacial score (nSPS) is 19.2. The molecular formula is C16H20N2O4S. The molecule has 0 spiro atoms. The Bertz CT molecular complexity index is 813. The molecule has 0 bridgehead atoms. The van der Waals surface area contributed by atoms with E-state index in [0.29, 0.717) is 18.1 Å². The van der Waals surface area contributed by atoms with Crippen molar-refractivity contribution in [2.24, 2.45) is 0 Å². The van der Waals surface area contributed by atoms with Gasteiger partial charge in [0.15, 0.2) is 5.76 Å². The fourth-order valence-corrected chi connectivity index (χ4v) is 4.87. The first-order valence-corrected chi connectivity index (χ1v) is 8.97. The van der Waals surface area contributed by atoms with E-state index < -0.39 is 10.0 Å². The van der Waals surface area contributed by atoms with E-state index in [-0.39, 0.29) is 10.9 Å². The first-order chi connectivity index (χ1) is 10.9. The van der Waals surface area contributed by atoms with E-state index in [1.807, 2.05) is 19.9 Å². The van der Waals surface area contributed by atoms with Crippen molar-refractivity contribution in [3.63, 3.8) is 0 Å². The zero-order valence-electron chi connectivity index (χ0n) is 13.4. The molecule has 0 radical (unpaired) electrons. The minimum absolute atomic E-state index is 0.197. The largest absolute Gasteiger partial charge is 0.495 e. The maximum atomic E-state index is 13.1. The van der Waals surface area contributed by atoms with Crippen molar-refractivity contribution in [1.29, 1.82) is 0 Å². The van der Waals surface area contributed by atoms with E-state index in [2.05, 4.69) is 5.16 Å². The minimum Gasteiger partial charge on any atom is -0.495 e. The van der Waals surface area contributed by atoms with Crippen LogP contribution in [0.15, 0.2) is 33.7 Å². The second-order valence-corrected chi connectivity index (χ2v) is 7.66. The molecule has 2 aromatic rings. The smallest absolute Gasteiger partial charge is 0.247 e. The van der Waals surface area contributed by atoms with Crippen LogP contribution in [0.1, 0.15) is 35.9 Å². The molecule has 1 aromatic heterocycles. The van der Waals surface area contributed by atoms with Crippen LogP contribution >= 0.6 is 0 Å². The molecule has 2 heterocycles. The lowest BCUT2D eigenvalue weighted by Crippen LogP contribution is -2.30. The first kappa shape index (κ1) is 16.0. The summed E-state index contributed by atoms with van der Waals surface area (Å²) in [6.45, 7) is 4.15. The topological polar surface area (TPSA) is 72.6 Å². The maximum absolute atomic E-state index is 13.1. The van der Waals surface area contributed by atoms with Gasteiger partial charge in [-0.2, -0.15) is 4.31 Å². The monoisotopic (exact) mass is 336 g/mol. The number of hydrogen-bond acceptors (Lipinski definition) is 5. The van der Waals surface area contributed by atoms with E-state index in [4.69, 9.17) is 9.26 Å². The molecular weight excluding hydrogens is 316 g/mol. The maximum Gasteiger partial charge on any atom is 0.247 e. The third kappa shape index (κ3) is 2.86. The average molecular weight is 336 g/mol. The van der Waals surface area contributed by atoms with Gasteiger partial charge in [-0.1, -0.05) is 11.2 Å². The summed E-state index contributed by atoms with van der Waals surface area (Å²) in [5.41, 5.74) is 1.62. The second kappa shape index (κ2) is 5.98. The van der Waals surface area contributed by atoms with Gasteiger partial charge >= 0.3 is 0 Å². The summed E-state index contributed by atoms with van der Waals surface area (Å²) in [5.74, 6) is 0.949. The molecule has 1 atom stereocenters. The SMILES string of the molecule is COc1ccc(C)cc1S(=O)(=O)N1CCCC1c1cc(C)no1. The van der Waals surface area contributed by atoms with Gasteiger partial charge in [0.2, 0.25) is 10.0 Å². The van der Waals surface area contributed by atoms with Gasteiger partial charge in [0.1, 0.15) is 10.6 Å². The van der Waals surface area contributed by atoms with Crippen molar-refractivity contribution in [2.75, 3.05) is 13.7 Å². The van der Waals surface area contributed by atoms with Crippen LogP contribution in [0.5, 0.6) is 5.75 Å². The number of sulfonamides is 1. The molecule has 1 unspecified atom stereocenters. The lowest BCUT2D eigenvalue weighted by Gasteiger charge is -2.23. The van der Waals surface area contributed by atoms with Crippen molar-refractivity contribution in [3.8, 4) is 5.75 Å². The van der Waals surface area contributed by atoms with Gasteiger partial charge in [-0.05, 0) is 44.4 Å². The number of nitrogens with zero attached hydrogens (tertiary/aromatic N) is 2. The molecule has 7 heteroatoms. The summed E-state index contributed by atoms with van der Waals surface area (Å²) in [5, 5.41) is 3.88. The quantitative estimate of drug-likeness (QED) is 0.858. The molecule has 1 saturated heterocycles. The van der Waals surface area contributed by atoms with Crippen LogP contribution in [0.3, 0.4) is 0 Å². The van der Waals surface area contributed by atoms with Gasteiger partial charge in [-0.25, -0.2) is 8.42 Å². The van der Waals surface area contributed by atoms with E-state index in [1.54, 1.807) is 18.2 Å². The van der Waals surface area contributed by atoms with Crippen molar-refractivity contribution >= 4 is 10.0 Å². The van der Waals surface area contributed by atoms with Crippen LogP contribution in [-0.4, -0.2) is 31.5 Å². The predicted molar refractivity (Wildman–Crippen MR) is 84.8 cm³/mol. The molecule has 0 saturated carbocycles. The summed E-state index contributed by atoms with van der Waals surface area (Å²) in [7, 11) is -2.19. The van der Waals surface area contributed by atoms with E-state index >= 15 is 0 Å². The number of aryl methyl sites for hydroxylation is 2. The number of hydrogen-bond donors (Lipinski definition) is 0. The second-order valence-electron chi connectivity index (χ2n) is 5.80. The summed E-state index contributed by atoms with van der Waals surface area (Å²) in [6.07, 6.45) is 1.51. The van der Waals surface area contributed by atoms with E-state index in [0.717, 1.165) is 24.1 Å². The lowest BCUT2D eigenvalue weighted by molar-refractivity contribution is 0.296. The predicted octanol–water partition coefficient (Wildman–Crippen LogP) is 2.83. The lowest BCUT2D eigenvalue weighted by atomic mass is 10.2. The average Bonchev–Trinajstić information content (AvgIpc) is 3.15. The molecule has 0 aliphatic carbocycles. The Hall–Kier alpha value is -1.86. The Morgan fingerprint density at radius 3 is 2.74 bits per heavy atom. The summed E-state index contributed by atoms with van der Waals surface area (Å²) >= 11 is 0. The third-order valence-electron chi connectivity index (χ3n) is 4.08. The minimum atomic E-state index is -3.67. The molecule has 1 aliphatic rings. The summed E-state index contributed by atoms with van der Waals surface area (Å²) < 4.78 is 38.3. The number of aromatic nitrogens is 1. The van der Waals surface area contributed by atoms with Crippen molar-refractivity contribution in [3.05, 3.63) is 41.3 Å². The standard InChI is InChI=1S/C16H20N2O4S/c1-11-6-7-14(21-3)16(9-11)23(19,20)18-8-4-5-13(18)15-10-12(2)17-22-15/h6-7,9-10,13H,4-5,8H2,1-3H3. The number of methoxy groups -OCH3 is 1.